The predicted molar refractivity (Wildman–Crippen MR) is 57.0 cm³/mol. The van der Waals surface area contributed by atoms with E-state index in [-0.39, 0.29) is 13.0 Å². The van der Waals surface area contributed by atoms with Gasteiger partial charge in [-0.1, -0.05) is 0 Å². The molecule has 0 heterocycles. The van der Waals surface area contributed by atoms with Crippen LogP contribution >= 0.6 is 8.03 Å². The zero-order chi connectivity index (χ0) is 13.5. The summed E-state index contributed by atoms with van der Waals surface area (Å²) in [5.74, 6) is -1.15. The molecule has 0 saturated carbocycles. The van der Waals surface area contributed by atoms with Crippen LogP contribution in [0.3, 0.4) is 0 Å². The molecule has 0 bridgehead atoms. The van der Waals surface area contributed by atoms with E-state index in [0.29, 0.717) is 0 Å². The van der Waals surface area contributed by atoms with E-state index in [9.17, 15) is 17.8 Å². The molecule has 8 nitrogen and oxygen atoms in total. The summed E-state index contributed by atoms with van der Waals surface area (Å²) in [5.41, 5.74) is 0. The summed E-state index contributed by atoms with van der Waals surface area (Å²) < 4.78 is 45.6. The van der Waals surface area contributed by atoms with Gasteiger partial charge in [0.05, 0.1) is 12.5 Å². The monoisotopic (exact) mass is 285 g/mol. The van der Waals surface area contributed by atoms with Crippen molar-refractivity contribution in [2.75, 3.05) is 13.7 Å². The molecule has 0 fully saturated rings. The molecule has 0 amide bonds. The van der Waals surface area contributed by atoms with E-state index in [0.717, 1.165) is 14.0 Å². The second-order valence-corrected chi connectivity index (χ2v) is 5.45. The quantitative estimate of drug-likeness (QED) is 0.296. The van der Waals surface area contributed by atoms with Crippen molar-refractivity contribution in [1.29, 1.82) is 5.26 Å². The Bertz CT molecular complexity index is 407. The van der Waals surface area contributed by atoms with Gasteiger partial charge in [-0.15, -0.1) is 0 Å². The van der Waals surface area contributed by atoms with E-state index in [4.69, 9.17) is 5.26 Å². The van der Waals surface area contributed by atoms with Crippen LogP contribution in [0.1, 0.15) is 13.3 Å². The van der Waals surface area contributed by atoms with Gasteiger partial charge in [-0.2, -0.15) is 5.26 Å². The van der Waals surface area contributed by atoms with Crippen LogP contribution in [0.5, 0.6) is 0 Å². The normalized spacial score (nSPS) is 15.9. The zero-order valence-corrected chi connectivity index (χ0v) is 11.1. The Morgan fingerprint density at radius 1 is 1.53 bits per heavy atom. The highest BCUT2D eigenvalue weighted by atomic mass is 32.2. The van der Waals surface area contributed by atoms with Crippen molar-refractivity contribution in [2.24, 2.45) is 0 Å². The summed E-state index contributed by atoms with van der Waals surface area (Å²) in [6, 6.07) is 1.72. The molecule has 0 aromatic carbocycles. The molecule has 10 heteroatoms. The molecule has 2 unspecified atom stereocenters. The van der Waals surface area contributed by atoms with Crippen LogP contribution in [0.25, 0.3) is 0 Å². The minimum Gasteiger partial charge on any atom is -0.462 e. The maximum absolute atomic E-state index is 11.5. The van der Waals surface area contributed by atoms with Gasteiger partial charge in [0, 0.05) is 7.11 Å². The number of rotatable bonds is 7. The van der Waals surface area contributed by atoms with Gasteiger partial charge in [0.25, 0.3) is 16.3 Å². The highest BCUT2D eigenvalue weighted by Gasteiger charge is 2.44. The SMILES string of the molecule is CO[PH](=O)C(C)(O[SH](=O)=O)C(=O)OCCC#N. The Morgan fingerprint density at radius 2 is 2.12 bits per heavy atom. The van der Waals surface area contributed by atoms with Gasteiger partial charge in [-0.3, -0.25) is 4.57 Å². The fourth-order valence-corrected chi connectivity index (χ4v) is 2.35. The summed E-state index contributed by atoms with van der Waals surface area (Å²) in [6.07, 6.45) is -0.0702. The molecule has 0 radical (unpaired) electrons. The van der Waals surface area contributed by atoms with Crippen molar-refractivity contribution in [2.45, 2.75) is 18.7 Å². The summed E-state index contributed by atoms with van der Waals surface area (Å²) in [4.78, 5) is 11.5. The standard InChI is InChI=1S/C7H12NO7PS/c1-7(15-17(11)12,16(10)13-2)6(9)14-5-3-4-8/h16-17H,3,5H2,1-2H3. The molecular formula is C7H12NO7PS. The molecule has 98 valence electrons. The molecule has 0 aliphatic rings. The first-order chi connectivity index (χ1) is 7.88. The average molecular weight is 285 g/mol. The van der Waals surface area contributed by atoms with Crippen molar-refractivity contribution < 1.29 is 31.2 Å². The lowest BCUT2D eigenvalue weighted by molar-refractivity contribution is -0.153. The molecule has 0 aromatic heterocycles. The number of thiol groups is 1. The van der Waals surface area contributed by atoms with Crippen molar-refractivity contribution in [1.82, 2.24) is 0 Å². The zero-order valence-electron chi connectivity index (χ0n) is 9.17. The van der Waals surface area contributed by atoms with Crippen molar-refractivity contribution >= 4 is 25.0 Å². The number of nitrogens with zero attached hydrogens (tertiary/aromatic N) is 1. The number of esters is 1. The maximum Gasteiger partial charge on any atom is 0.349 e. The third-order valence-corrected chi connectivity index (χ3v) is 3.81. The number of ether oxygens (including phenoxy) is 1. The fraction of sp³-hybridized carbons (Fsp3) is 0.714. The third-order valence-electron chi connectivity index (χ3n) is 1.67. The second-order valence-electron chi connectivity index (χ2n) is 2.88. The van der Waals surface area contributed by atoms with Gasteiger partial charge in [0.15, 0.2) is 0 Å². The minimum absolute atomic E-state index is 0.0702. The Morgan fingerprint density at radius 3 is 2.53 bits per heavy atom. The highest BCUT2D eigenvalue weighted by Crippen LogP contribution is 2.41. The lowest BCUT2D eigenvalue weighted by Crippen LogP contribution is -2.36. The number of nitriles is 1. The molecule has 17 heavy (non-hydrogen) atoms. The van der Waals surface area contributed by atoms with Gasteiger partial charge >= 0.3 is 5.97 Å². The summed E-state index contributed by atoms with van der Waals surface area (Å²) >= 11 is 0. The number of carbonyl (C=O) groups excluding carboxylic acids is 1. The van der Waals surface area contributed by atoms with E-state index in [1.165, 1.54) is 0 Å². The van der Waals surface area contributed by atoms with Crippen LogP contribution < -0.4 is 0 Å². The van der Waals surface area contributed by atoms with Gasteiger partial charge in [-0.25, -0.2) is 17.4 Å². The molecule has 0 saturated heterocycles. The first kappa shape index (κ1) is 16.1. The number of hydrogen-bond acceptors (Lipinski definition) is 8. The second kappa shape index (κ2) is 7.40. The Hall–Kier alpha value is -0.940. The van der Waals surface area contributed by atoms with E-state index in [1.54, 1.807) is 6.07 Å². The lowest BCUT2D eigenvalue weighted by Gasteiger charge is -2.22. The first-order valence-electron chi connectivity index (χ1n) is 4.34. The molecule has 0 N–H and O–H groups in total. The molecule has 0 aromatic rings. The largest absolute Gasteiger partial charge is 0.462 e. The number of hydrogen-bond donors (Lipinski definition) is 1. The maximum atomic E-state index is 11.5. The summed E-state index contributed by atoms with van der Waals surface area (Å²) in [6.45, 7) is 0.737. The predicted octanol–water partition coefficient (Wildman–Crippen LogP) is -0.176. The molecule has 0 aliphatic heterocycles. The van der Waals surface area contributed by atoms with Crippen LogP contribution in [0.15, 0.2) is 0 Å². The van der Waals surface area contributed by atoms with Crippen LogP contribution in [0.4, 0.5) is 0 Å². The van der Waals surface area contributed by atoms with Crippen LogP contribution in [-0.4, -0.2) is 33.4 Å². The van der Waals surface area contributed by atoms with Crippen molar-refractivity contribution in [3.8, 4) is 6.07 Å². The van der Waals surface area contributed by atoms with Gasteiger partial charge in [-0.05, 0) is 6.92 Å². The lowest BCUT2D eigenvalue weighted by atomic mass is 10.4. The van der Waals surface area contributed by atoms with E-state index in [2.05, 4.69) is 13.4 Å². The summed E-state index contributed by atoms with van der Waals surface area (Å²) in [5, 5.41) is 6.03. The Balaban J connectivity index is 4.86. The molecule has 0 aliphatic carbocycles. The fourth-order valence-electron chi connectivity index (χ4n) is 0.829. The van der Waals surface area contributed by atoms with Crippen LogP contribution in [0.2, 0.25) is 0 Å². The van der Waals surface area contributed by atoms with Gasteiger partial charge in [0.1, 0.15) is 6.61 Å². The van der Waals surface area contributed by atoms with E-state index < -0.39 is 30.3 Å². The van der Waals surface area contributed by atoms with E-state index in [1.807, 2.05) is 0 Å². The number of carbonyl (C=O) groups is 1. The van der Waals surface area contributed by atoms with E-state index >= 15 is 0 Å². The third kappa shape index (κ3) is 4.83. The Kier molecular flexibility index (Phi) is 6.99. The summed E-state index contributed by atoms with van der Waals surface area (Å²) in [7, 11) is -5.46. The average Bonchev–Trinajstić information content (AvgIpc) is 2.26. The van der Waals surface area contributed by atoms with Crippen molar-refractivity contribution in [3.63, 3.8) is 0 Å². The van der Waals surface area contributed by atoms with Crippen LogP contribution in [0, 0.1) is 11.3 Å². The highest BCUT2D eigenvalue weighted by molar-refractivity contribution is 7.67. The first-order valence-corrected chi connectivity index (χ1v) is 6.75. The molecule has 0 rings (SSSR count). The molecule has 2 atom stereocenters. The van der Waals surface area contributed by atoms with Gasteiger partial charge in [0.2, 0.25) is 8.03 Å². The topological polar surface area (TPSA) is 120 Å². The van der Waals surface area contributed by atoms with Crippen LogP contribution in [-0.2, 0) is 33.8 Å². The molecule has 0 spiro atoms. The molecular weight excluding hydrogens is 273 g/mol. The minimum atomic E-state index is -3.40. The van der Waals surface area contributed by atoms with Gasteiger partial charge < -0.3 is 9.26 Å². The smallest absolute Gasteiger partial charge is 0.349 e. The van der Waals surface area contributed by atoms with Crippen molar-refractivity contribution in [3.05, 3.63) is 0 Å². The Labute approximate surface area is 100 Å².